The van der Waals surface area contributed by atoms with E-state index in [2.05, 4.69) is 17.5 Å². The van der Waals surface area contributed by atoms with Gasteiger partial charge in [-0.1, -0.05) is 6.92 Å². The highest BCUT2D eigenvalue weighted by molar-refractivity contribution is 5.82. The molecular formula is C6H13N3O. The molecule has 58 valence electrons. The molecule has 0 spiro atoms. The first-order chi connectivity index (χ1) is 4.88. The fourth-order valence-electron chi connectivity index (χ4n) is 1.01. The number of amidine groups is 1. The van der Waals surface area contributed by atoms with Crippen LogP contribution in [0.5, 0.6) is 0 Å². The molecule has 0 atom stereocenters. The number of rotatable bonds is 3. The average Bonchev–Trinajstić information content (AvgIpc) is 2.36. The van der Waals surface area contributed by atoms with Gasteiger partial charge in [-0.3, -0.25) is 5.43 Å². The Bertz CT molecular complexity index is 135. The number of nitrogens with zero attached hydrogens (tertiary/aromatic N) is 2. The predicted molar refractivity (Wildman–Crippen MR) is 39.5 cm³/mol. The standard InChI is InChI=1S/C6H13N3O/c1-2-6-8-7-5-9(6)3-4-10/h7,10H,2-5H2,1H3. The summed E-state index contributed by atoms with van der Waals surface area (Å²) in [5.41, 5.74) is 2.86. The molecule has 1 rings (SSSR count). The zero-order valence-corrected chi connectivity index (χ0v) is 6.17. The quantitative estimate of drug-likeness (QED) is 0.563. The van der Waals surface area contributed by atoms with Crippen LogP contribution in [0, 0.1) is 0 Å². The van der Waals surface area contributed by atoms with Crippen molar-refractivity contribution in [3.05, 3.63) is 0 Å². The van der Waals surface area contributed by atoms with E-state index in [-0.39, 0.29) is 6.61 Å². The van der Waals surface area contributed by atoms with Crippen molar-refractivity contribution in [3.63, 3.8) is 0 Å². The van der Waals surface area contributed by atoms with Gasteiger partial charge in [0.1, 0.15) is 12.5 Å². The Morgan fingerprint density at radius 2 is 2.60 bits per heavy atom. The molecule has 0 unspecified atom stereocenters. The lowest BCUT2D eigenvalue weighted by Gasteiger charge is -2.15. The summed E-state index contributed by atoms with van der Waals surface area (Å²) in [6.45, 7) is 3.67. The van der Waals surface area contributed by atoms with E-state index in [4.69, 9.17) is 5.11 Å². The van der Waals surface area contributed by atoms with Crippen LogP contribution in [-0.4, -0.2) is 35.7 Å². The fraction of sp³-hybridized carbons (Fsp3) is 0.833. The number of aliphatic hydroxyl groups excluding tert-OH is 1. The monoisotopic (exact) mass is 143 g/mol. The fourth-order valence-corrected chi connectivity index (χ4v) is 1.01. The Morgan fingerprint density at radius 1 is 1.80 bits per heavy atom. The third-order valence-corrected chi connectivity index (χ3v) is 1.52. The average molecular weight is 143 g/mol. The van der Waals surface area contributed by atoms with Gasteiger partial charge in [0.2, 0.25) is 0 Å². The van der Waals surface area contributed by atoms with Gasteiger partial charge in [0.15, 0.2) is 0 Å². The van der Waals surface area contributed by atoms with Crippen LogP contribution in [0.3, 0.4) is 0 Å². The van der Waals surface area contributed by atoms with Crippen LogP contribution < -0.4 is 5.43 Å². The molecule has 4 nitrogen and oxygen atoms in total. The van der Waals surface area contributed by atoms with Crippen LogP contribution in [0.1, 0.15) is 13.3 Å². The van der Waals surface area contributed by atoms with Gasteiger partial charge in [-0.15, -0.1) is 0 Å². The molecule has 0 aliphatic carbocycles. The molecule has 0 radical (unpaired) electrons. The summed E-state index contributed by atoms with van der Waals surface area (Å²) < 4.78 is 0. The second-order valence-electron chi connectivity index (χ2n) is 2.18. The minimum absolute atomic E-state index is 0.195. The van der Waals surface area contributed by atoms with Gasteiger partial charge in [0.25, 0.3) is 0 Å². The summed E-state index contributed by atoms with van der Waals surface area (Å²) in [6.07, 6.45) is 0.924. The van der Waals surface area contributed by atoms with Crippen molar-refractivity contribution in [1.82, 2.24) is 10.3 Å². The van der Waals surface area contributed by atoms with Gasteiger partial charge in [0.05, 0.1) is 6.61 Å². The van der Waals surface area contributed by atoms with E-state index in [1.165, 1.54) is 0 Å². The highest BCUT2D eigenvalue weighted by Crippen LogP contribution is 1.99. The van der Waals surface area contributed by atoms with Crippen molar-refractivity contribution in [3.8, 4) is 0 Å². The van der Waals surface area contributed by atoms with Crippen LogP contribution in [0.2, 0.25) is 0 Å². The second-order valence-corrected chi connectivity index (χ2v) is 2.18. The molecule has 0 saturated heterocycles. The van der Waals surface area contributed by atoms with Crippen molar-refractivity contribution in [2.45, 2.75) is 13.3 Å². The largest absolute Gasteiger partial charge is 0.395 e. The molecule has 1 aliphatic heterocycles. The zero-order chi connectivity index (χ0) is 7.40. The molecule has 0 aromatic carbocycles. The lowest BCUT2D eigenvalue weighted by atomic mass is 10.4. The van der Waals surface area contributed by atoms with Crippen molar-refractivity contribution >= 4 is 5.84 Å². The van der Waals surface area contributed by atoms with E-state index in [9.17, 15) is 0 Å². The molecule has 0 fully saturated rings. The maximum Gasteiger partial charge on any atom is 0.126 e. The third-order valence-electron chi connectivity index (χ3n) is 1.52. The van der Waals surface area contributed by atoms with Crippen molar-refractivity contribution < 1.29 is 5.11 Å². The minimum Gasteiger partial charge on any atom is -0.395 e. The van der Waals surface area contributed by atoms with Crippen LogP contribution in [-0.2, 0) is 0 Å². The molecule has 0 amide bonds. The van der Waals surface area contributed by atoms with E-state index in [1.54, 1.807) is 0 Å². The van der Waals surface area contributed by atoms with Gasteiger partial charge >= 0.3 is 0 Å². The van der Waals surface area contributed by atoms with Gasteiger partial charge in [-0.25, -0.2) is 0 Å². The number of β-amino-alcohol motifs (C(OH)–C–C–N with tert-alkyl or cyclic N) is 1. The van der Waals surface area contributed by atoms with Crippen LogP contribution in [0.25, 0.3) is 0 Å². The van der Waals surface area contributed by atoms with Gasteiger partial charge < -0.3 is 10.0 Å². The van der Waals surface area contributed by atoms with Gasteiger partial charge in [-0.05, 0) is 0 Å². The van der Waals surface area contributed by atoms with Crippen LogP contribution in [0.15, 0.2) is 5.10 Å². The maximum absolute atomic E-state index is 8.62. The topological polar surface area (TPSA) is 47.9 Å². The number of hydrazone groups is 1. The molecule has 0 bridgehead atoms. The number of nitrogens with one attached hydrogen (secondary N) is 1. The predicted octanol–water partition coefficient (Wildman–Crippen LogP) is -0.435. The summed E-state index contributed by atoms with van der Waals surface area (Å²) in [4.78, 5) is 2.03. The Morgan fingerprint density at radius 3 is 3.20 bits per heavy atom. The molecule has 4 heteroatoms. The van der Waals surface area contributed by atoms with Gasteiger partial charge in [-0.2, -0.15) is 5.10 Å². The van der Waals surface area contributed by atoms with Crippen molar-refractivity contribution in [2.75, 3.05) is 19.8 Å². The molecule has 1 heterocycles. The van der Waals surface area contributed by atoms with Crippen LogP contribution in [0.4, 0.5) is 0 Å². The SMILES string of the molecule is CCC1=NNCN1CCO. The van der Waals surface area contributed by atoms with E-state index in [0.717, 1.165) is 18.9 Å². The molecule has 10 heavy (non-hydrogen) atoms. The highest BCUT2D eigenvalue weighted by Gasteiger charge is 2.12. The van der Waals surface area contributed by atoms with Gasteiger partial charge in [0, 0.05) is 13.0 Å². The Balaban J connectivity index is 2.38. The maximum atomic E-state index is 8.62. The summed E-state index contributed by atoms with van der Waals surface area (Å²) in [5.74, 6) is 1.04. The first-order valence-corrected chi connectivity index (χ1v) is 3.53. The first kappa shape index (κ1) is 7.34. The molecule has 0 saturated carbocycles. The third kappa shape index (κ3) is 1.39. The van der Waals surface area contributed by atoms with Crippen molar-refractivity contribution in [2.24, 2.45) is 5.10 Å². The number of hydrogen-bond acceptors (Lipinski definition) is 4. The summed E-state index contributed by atoms with van der Waals surface area (Å²) in [6, 6.07) is 0. The highest BCUT2D eigenvalue weighted by atomic mass is 16.3. The summed E-state index contributed by atoms with van der Waals surface area (Å²) in [7, 11) is 0. The van der Waals surface area contributed by atoms with Crippen LogP contribution >= 0.6 is 0 Å². The molecule has 0 aromatic heterocycles. The van der Waals surface area contributed by atoms with E-state index in [1.807, 2.05) is 4.90 Å². The lowest BCUT2D eigenvalue weighted by molar-refractivity contribution is 0.250. The minimum atomic E-state index is 0.195. The summed E-state index contributed by atoms with van der Waals surface area (Å²) >= 11 is 0. The lowest BCUT2D eigenvalue weighted by Crippen LogP contribution is -2.31. The van der Waals surface area contributed by atoms with Crippen molar-refractivity contribution in [1.29, 1.82) is 0 Å². The second kappa shape index (κ2) is 3.41. The Labute approximate surface area is 60.5 Å². The first-order valence-electron chi connectivity index (χ1n) is 3.53. The van der Waals surface area contributed by atoms with E-state index >= 15 is 0 Å². The normalized spacial score (nSPS) is 17.0. The smallest absolute Gasteiger partial charge is 0.126 e. The molecule has 2 N–H and O–H groups in total. The Hall–Kier alpha value is -0.770. The summed E-state index contributed by atoms with van der Waals surface area (Å²) in [5, 5.41) is 12.7. The zero-order valence-electron chi connectivity index (χ0n) is 6.17. The molecule has 1 aliphatic rings. The van der Waals surface area contributed by atoms with E-state index in [0.29, 0.717) is 6.54 Å². The number of hydrogen-bond donors (Lipinski definition) is 2. The molecule has 0 aromatic rings. The number of aliphatic hydroxyl groups is 1. The Kier molecular flexibility index (Phi) is 2.50. The molecular weight excluding hydrogens is 130 g/mol. The van der Waals surface area contributed by atoms with E-state index < -0.39 is 0 Å².